The standard InChI is InChI=1S/C12H11ClN2O2/c13-12-6-5-10(14-15-12)8-17-11-4-2-1-3-9(11)7-16/h1-6,16H,7-8H2. The molecule has 88 valence electrons. The van der Waals surface area contributed by atoms with E-state index in [1.807, 2.05) is 18.2 Å². The van der Waals surface area contributed by atoms with Gasteiger partial charge in [0.15, 0.2) is 5.15 Å². The number of aromatic nitrogens is 2. The highest BCUT2D eigenvalue weighted by atomic mass is 35.5. The Labute approximate surface area is 104 Å². The third-order valence-electron chi connectivity index (χ3n) is 2.21. The number of hydrogen-bond donors (Lipinski definition) is 1. The van der Waals surface area contributed by atoms with E-state index in [0.29, 0.717) is 23.2 Å². The molecular formula is C12H11ClN2O2. The van der Waals surface area contributed by atoms with Crippen LogP contribution < -0.4 is 4.74 Å². The van der Waals surface area contributed by atoms with E-state index < -0.39 is 0 Å². The molecule has 1 N–H and O–H groups in total. The highest BCUT2D eigenvalue weighted by Gasteiger charge is 2.03. The monoisotopic (exact) mass is 250 g/mol. The number of hydrogen-bond acceptors (Lipinski definition) is 4. The molecule has 0 aliphatic heterocycles. The van der Waals surface area contributed by atoms with Crippen LogP contribution in [0, 0.1) is 0 Å². The zero-order valence-electron chi connectivity index (χ0n) is 9.01. The number of rotatable bonds is 4. The van der Waals surface area contributed by atoms with Crippen molar-refractivity contribution in [1.29, 1.82) is 0 Å². The molecule has 0 unspecified atom stereocenters. The second kappa shape index (κ2) is 5.61. The molecule has 17 heavy (non-hydrogen) atoms. The van der Waals surface area contributed by atoms with Gasteiger partial charge in [-0.25, -0.2) is 0 Å². The summed E-state index contributed by atoms with van der Waals surface area (Å²) in [7, 11) is 0. The van der Waals surface area contributed by atoms with E-state index in [0.717, 1.165) is 5.56 Å². The first-order valence-electron chi connectivity index (χ1n) is 5.09. The van der Waals surface area contributed by atoms with Crippen molar-refractivity contribution >= 4 is 11.6 Å². The molecule has 0 saturated carbocycles. The molecule has 0 amide bonds. The van der Waals surface area contributed by atoms with Crippen LogP contribution in [0.3, 0.4) is 0 Å². The molecule has 0 aliphatic rings. The number of aliphatic hydroxyl groups is 1. The minimum absolute atomic E-state index is 0.0531. The fourth-order valence-corrected chi connectivity index (χ4v) is 1.45. The van der Waals surface area contributed by atoms with Gasteiger partial charge in [0.05, 0.1) is 6.61 Å². The third kappa shape index (κ3) is 3.15. The van der Waals surface area contributed by atoms with Gasteiger partial charge < -0.3 is 9.84 Å². The van der Waals surface area contributed by atoms with Crippen molar-refractivity contribution in [2.45, 2.75) is 13.2 Å². The number of halogens is 1. The molecule has 5 heteroatoms. The molecule has 0 bridgehead atoms. The maximum absolute atomic E-state index is 9.13. The summed E-state index contributed by atoms with van der Waals surface area (Å²) >= 11 is 5.63. The molecule has 1 aromatic carbocycles. The van der Waals surface area contributed by atoms with Gasteiger partial charge in [0, 0.05) is 5.56 Å². The summed E-state index contributed by atoms with van der Waals surface area (Å²) in [5, 5.41) is 17.1. The van der Waals surface area contributed by atoms with Gasteiger partial charge in [-0.05, 0) is 18.2 Å². The molecule has 0 fully saturated rings. The van der Waals surface area contributed by atoms with Crippen LogP contribution in [0.15, 0.2) is 36.4 Å². The zero-order valence-corrected chi connectivity index (χ0v) is 9.76. The van der Waals surface area contributed by atoms with E-state index in [2.05, 4.69) is 10.2 Å². The molecular weight excluding hydrogens is 240 g/mol. The Kier molecular flexibility index (Phi) is 3.90. The van der Waals surface area contributed by atoms with E-state index in [9.17, 15) is 0 Å². The number of para-hydroxylation sites is 1. The van der Waals surface area contributed by atoms with Crippen molar-refractivity contribution in [3.8, 4) is 5.75 Å². The van der Waals surface area contributed by atoms with Gasteiger partial charge in [0.1, 0.15) is 18.1 Å². The SMILES string of the molecule is OCc1ccccc1OCc1ccc(Cl)nn1. The van der Waals surface area contributed by atoms with Gasteiger partial charge in [0.25, 0.3) is 0 Å². The highest BCUT2D eigenvalue weighted by Crippen LogP contribution is 2.18. The quantitative estimate of drug-likeness (QED) is 0.904. The first-order valence-corrected chi connectivity index (χ1v) is 5.47. The van der Waals surface area contributed by atoms with Crippen molar-refractivity contribution in [1.82, 2.24) is 10.2 Å². The van der Waals surface area contributed by atoms with Crippen LogP contribution in [0.25, 0.3) is 0 Å². The van der Waals surface area contributed by atoms with Gasteiger partial charge in [-0.15, -0.1) is 5.10 Å². The minimum atomic E-state index is -0.0531. The summed E-state index contributed by atoms with van der Waals surface area (Å²) in [6, 6.07) is 10.7. The lowest BCUT2D eigenvalue weighted by atomic mass is 10.2. The first-order chi connectivity index (χ1) is 8.29. The Bertz CT molecular complexity index is 488. The summed E-state index contributed by atoms with van der Waals surface area (Å²) in [5.41, 5.74) is 1.43. The molecule has 2 aromatic rings. The molecule has 0 aliphatic carbocycles. The summed E-state index contributed by atoms with van der Waals surface area (Å²) in [6.07, 6.45) is 0. The van der Waals surface area contributed by atoms with E-state index in [-0.39, 0.29) is 6.61 Å². The van der Waals surface area contributed by atoms with E-state index in [1.54, 1.807) is 18.2 Å². The lowest BCUT2D eigenvalue weighted by Gasteiger charge is -2.08. The predicted molar refractivity (Wildman–Crippen MR) is 63.7 cm³/mol. The summed E-state index contributed by atoms with van der Waals surface area (Å²) in [4.78, 5) is 0. The van der Waals surface area contributed by atoms with Crippen LogP contribution in [-0.2, 0) is 13.2 Å². The Morgan fingerprint density at radius 2 is 1.94 bits per heavy atom. The van der Waals surface area contributed by atoms with Crippen molar-refractivity contribution in [3.63, 3.8) is 0 Å². The van der Waals surface area contributed by atoms with Crippen molar-refractivity contribution in [2.24, 2.45) is 0 Å². The molecule has 0 spiro atoms. The highest BCUT2D eigenvalue weighted by molar-refractivity contribution is 6.29. The molecule has 2 rings (SSSR count). The lowest BCUT2D eigenvalue weighted by molar-refractivity contribution is 0.257. The average Bonchev–Trinajstić information content (AvgIpc) is 2.38. The van der Waals surface area contributed by atoms with E-state index in [4.69, 9.17) is 21.4 Å². The molecule has 1 aromatic heterocycles. The Hall–Kier alpha value is -1.65. The Balaban J connectivity index is 2.04. The zero-order chi connectivity index (χ0) is 12.1. The van der Waals surface area contributed by atoms with Crippen LogP contribution in [0.4, 0.5) is 0 Å². The van der Waals surface area contributed by atoms with Crippen LogP contribution in [0.1, 0.15) is 11.3 Å². The van der Waals surface area contributed by atoms with Crippen LogP contribution in [0.2, 0.25) is 5.15 Å². The molecule has 1 heterocycles. The number of nitrogens with zero attached hydrogens (tertiary/aromatic N) is 2. The Morgan fingerprint density at radius 1 is 1.12 bits per heavy atom. The normalized spacial score (nSPS) is 10.2. The third-order valence-corrected chi connectivity index (χ3v) is 2.41. The fourth-order valence-electron chi connectivity index (χ4n) is 1.35. The summed E-state index contributed by atoms with van der Waals surface area (Å²) in [5.74, 6) is 0.645. The lowest BCUT2D eigenvalue weighted by Crippen LogP contribution is -2.01. The number of benzene rings is 1. The largest absolute Gasteiger partial charge is 0.487 e. The molecule has 0 saturated heterocycles. The van der Waals surface area contributed by atoms with Crippen molar-refractivity contribution in [2.75, 3.05) is 0 Å². The van der Waals surface area contributed by atoms with E-state index in [1.165, 1.54) is 0 Å². The van der Waals surface area contributed by atoms with Crippen LogP contribution >= 0.6 is 11.6 Å². The van der Waals surface area contributed by atoms with Crippen molar-refractivity contribution in [3.05, 3.63) is 52.8 Å². The van der Waals surface area contributed by atoms with E-state index >= 15 is 0 Å². The summed E-state index contributed by atoms with van der Waals surface area (Å²) < 4.78 is 5.55. The predicted octanol–water partition coefficient (Wildman–Crippen LogP) is 2.20. The smallest absolute Gasteiger partial charge is 0.151 e. The number of ether oxygens (including phenoxy) is 1. The minimum Gasteiger partial charge on any atom is -0.487 e. The molecule has 4 nitrogen and oxygen atoms in total. The van der Waals surface area contributed by atoms with Crippen LogP contribution in [-0.4, -0.2) is 15.3 Å². The summed E-state index contributed by atoms with van der Waals surface area (Å²) in [6.45, 7) is 0.240. The van der Waals surface area contributed by atoms with Gasteiger partial charge in [0.2, 0.25) is 0 Å². The first kappa shape index (κ1) is 11.8. The van der Waals surface area contributed by atoms with Crippen LogP contribution in [0.5, 0.6) is 5.75 Å². The van der Waals surface area contributed by atoms with Gasteiger partial charge in [-0.1, -0.05) is 29.8 Å². The maximum Gasteiger partial charge on any atom is 0.151 e. The Morgan fingerprint density at radius 3 is 2.65 bits per heavy atom. The fraction of sp³-hybridized carbons (Fsp3) is 0.167. The van der Waals surface area contributed by atoms with Gasteiger partial charge in [-0.3, -0.25) is 0 Å². The second-order valence-electron chi connectivity index (χ2n) is 3.40. The topological polar surface area (TPSA) is 55.2 Å². The second-order valence-corrected chi connectivity index (χ2v) is 3.79. The number of aliphatic hydroxyl groups excluding tert-OH is 1. The van der Waals surface area contributed by atoms with Crippen molar-refractivity contribution < 1.29 is 9.84 Å². The average molecular weight is 251 g/mol. The van der Waals surface area contributed by atoms with Gasteiger partial charge in [-0.2, -0.15) is 5.10 Å². The maximum atomic E-state index is 9.13. The molecule has 0 atom stereocenters. The molecule has 0 radical (unpaired) electrons. The van der Waals surface area contributed by atoms with Gasteiger partial charge >= 0.3 is 0 Å².